The predicted molar refractivity (Wildman–Crippen MR) is 114 cm³/mol. The van der Waals surface area contributed by atoms with E-state index in [1.54, 1.807) is 11.8 Å². The van der Waals surface area contributed by atoms with Crippen LogP contribution in [0.3, 0.4) is 0 Å². The van der Waals surface area contributed by atoms with E-state index >= 15 is 0 Å². The number of nitrogens with zero attached hydrogens (tertiary/aromatic N) is 3. The molecule has 2 N–H and O–H groups in total. The third-order valence-electron chi connectivity index (χ3n) is 5.14. The lowest BCUT2D eigenvalue weighted by Gasteiger charge is -2.27. The number of rotatable bonds is 1. The molecule has 2 aromatic rings. The van der Waals surface area contributed by atoms with Gasteiger partial charge in [-0.15, -0.1) is 0 Å². The van der Waals surface area contributed by atoms with Gasteiger partial charge in [0.05, 0.1) is 11.8 Å². The molecule has 0 spiro atoms. The number of ether oxygens (including phenoxy) is 2. The molecular weight excluding hydrogens is 388 g/mol. The van der Waals surface area contributed by atoms with Gasteiger partial charge in [0, 0.05) is 29.0 Å². The summed E-state index contributed by atoms with van der Waals surface area (Å²) in [4.78, 5) is 16.2. The number of anilines is 1. The van der Waals surface area contributed by atoms with E-state index in [1.165, 1.54) is 0 Å². The van der Waals surface area contributed by atoms with Crippen LogP contribution in [0.15, 0.2) is 46.5 Å². The van der Waals surface area contributed by atoms with Crippen molar-refractivity contribution in [1.82, 2.24) is 5.01 Å². The average Bonchev–Trinajstić information content (AvgIpc) is 3.11. The number of amides is 1. The second-order valence-electron chi connectivity index (χ2n) is 7.22. The minimum atomic E-state index is -0.0993. The molecule has 0 saturated carbocycles. The normalized spacial score (nSPS) is 20.7. The van der Waals surface area contributed by atoms with Crippen LogP contribution in [-0.2, 0) is 11.2 Å². The summed E-state index contributed by atoms with van der Waals surface area (Å²) >= 11 is 1.57. The largest absolute Gasteiger partial charge is 0.454 e. The van der Waals surface area contributed by atoms with Crippen molar-refractivity contribution < 1.29 is 14.3 Å². The zero-order chi connectivity index (χ0) is 20.0. The Morgan fingerprint density at radius 3 is 2.69 bits per heavy atom. The summed E-state index contributed by atoms with van der Waals surface area (Å²) < 4.78 is 11.2. The number of hydrazone groups is 1. The fourth-order valence-corrected chi connectivity index (χ4v) is 4.64. The number of hydrogen-bond acceptors (Lipinski definition) is 7. The summed E-state index contributed by atoms with van der Waals surface area (Å²) in [6, 6.07) is 11.7. The van der Waals surface area contributed by atoms with Crippen LogP contribution < -0.4 is 15.2 Å². The molecule has 0 aliphatic carbocycles. The maximum absolute atomic E-state index is 11.9. The molecule has 1 atom stereocenters. The maximum atomic E-state index is 11.9. The van der Waals surface area contributed by atoms with Crippen LogP contribution in [0.2, 0.25) is 0 Å². The Kier molecular flexibility index (Phi) is 4.43. The van der Waals surface area contributed by atoms with Gasteiger partial charge in [-0.25, -0.2) is 5.01 Å². The van der Waals surface area contributed by atoms with Crippen molar-refractivity contribution in [3.8, 4) is 11.5 Å². The summed E-state index contributed by atoms with van der Waals surface area (Å²) in [7, 11) is 0. The van der Waals surface area contributed by atoms with Crippen molar-refractivity contribution in [2.75, 3.05) is 18.3 Å². The van der Waals surface area contributed by atoms with Gasteiger partial charge in [-0.3, -0.25) is 4.79 Å². The number of nitrogen functional groups attached to an aromatic ring is 1. The Morgan fingerprint density at radius 2 is 1.93 bits per heavy atom. The summed E-state index contributed by atoms with van der Waals surface area (Å²) in [5.74, 6) is 2.09. The SMILES string of the molecule is CC1Cc2cc3c(cc2C(c2ccc(N)cc2)=NN1C1=NC(=O)CCS1)OCO3. The number of nitrogens with two attached hydrogens (primary N) is 1. The van der Waals surface area contributed by atoms with Crippen molar-refractivity contribution >= 4 is 34.2 Å². The van der Waals surface area contributed by atoms with E-state index in [0.29, 0.717) is 23.0 Å². The van der Waals surface area contributed by atoms with Gasteiger partial charge in [0.25, 0.3) is 0 Å². The lowest BCUT2D eigenvalue weighted by atomic mass is 9.94. The molecule has 0 fully saturated rings. The second-order valence-corrected chi connectivity index (χ2v) is 8.28. The number of aliphatic imine (C=N–C) groups is 1. The highest BCUT2D eigenvalue weighted by Crippen LogP contribution is 2.38. The first-order valence-electron chi connectivity index (χ1n) is 9.49. The molecule has 3 aliphatic rings. The number of hydrogen-bond donors (Lipinski definition) is 1. The van der Waals surface area contributed by atoms with E-state index in [9.17, 15) is 4.79 Å². The maximum Gasteiger partial charge on any atom is 0.248 e. The zero-order valence-electron chi connectivity index (χ0n) is 15.9. The van der Waals surface area contributed by atoms with Gasteiger partial charge in [0.15, 0.2) is 16.7 Å². The molecular formula is C21H20N4O3S. The van der Waals surface area contributed by atoms with Gasteiger partial charge in [-0.05, 0) is 43.2 Å². The van der Waals surface area contributed by atoms with Crippen molar-refractivity contribution in [3.05, 3.63) is 53.1 Å². The van der Waals surface area contributed by atoms with Crippen molar-refractivity contribution in [2.45, 2.75) is 25.8 Å². The Labute approximate surface area is 172 Å². The third-order valence-corrected chi connectivity index (χ3v) is 6.09. The smallest absolute Gasteiger partial charge is 0.248 e. The topological polar surface area (TPSA) is 89.5 Å². The molecule has 0 bridgehead atoms. The summed E-state index contributed by atoms with van der Waals surface area (Å²) in [6.45, 7) is 2.32. The quantitative estimate of drug-likeness (QED) is 0.730. The summed E-state index contributed by atoms with van der Waals surface area (Å²) in [5, 5.41) is 7.51. The first-order valence-corrected chi connectivity index (χ1v) is 10.5. The average molecular weight is 408 g/mol. The Morgan fingerprint density at radius 1 is 1.17 bits per heavy atom. The van der Waals surface area contributed by atoms with Crippen LogP contribution in [0.25, 0.3) is 0 Å². The molecule has 7 nitrogen and oxygen atoms in total. The van der Waals surface area contributed by atoms with E-state index in [2.05, 4.69) is 11.9 Å². The Bertz CT molecular complexity index is 1050. The lowest BCUT2D eigenvalue weighted by Crippen LogP contribution is -2.35. The van der Waals surface area contributed by atoms with Gasteiger partial charge in [-0.1, -0.05) is 23.9 Å². The highest BCUT2D eigenvalue weighted by molar-refractivity contribution is 8.13. The van der Waals surface area contributed by atoms with E-state index in [4.69, 9.17) is 20.3 Å². The summed E-state index contributed by atoms with van der Waals surface area (Å²) in [6.07, 6.45) is 1.20. The minimum absolute atomic E-state index is 0.0255. The third kappa shape index (κ3) is 3.33. The number of carbonyl (C=O) groups is 1. The van der Waals surface area contributed by atoms with Crippen molar-refractivity contribution in [2.24, 2.45) is 10.1 Å². The zero-order valence-corrected chi connectivity index (χ0v) is 16.7. The number of benzene rings is 2. The fraction of sp³-hybridized carbons (Fsp3) is 0.286. The molecule has 3 heterocycles. The molecule has 8 heteroatoms. The van der Waals surface area contributed by atoms with Crippen molar-refractivity contribution in [1.29, 1.82) is 0 Å². The monoisotopic (exact) mass is 408 g/mol. The van der Waals surface area contributed by atoms with Crippen LogP contribution in [0.4, 0.5) is 5.69 Å². The molecule has 1 amide bonds. The van der Waals surface area contributed by atoms with Crippen LogP contribution in [-0.4, -0.2) is 40.4 Å². The number of carbonyl (C=O) groups excluding carboxylic acids is 1. The van der Waals surface area contributed by atoms with E-state index < -0.39 is 0 Å². The standard InChI is InChI=1S/C21H20N4O3S/c1-12-8-14-9-17-18(28-11-27-17)10-16(14)20(13-2-4-15(22)5-3-13)24-25(12)21-23-19(26)6-7-29-21/h2-5,9-10,12H,6-8,11,22H2,1H3. The number of fused-ring (bicyclic) bond motifs is 2. The van der Waals surface area contributed by atoms with Crippen LogP contribution in [0, 0.1) is 0 Å². The Hall–Kier alpha value is -3.00. The first kappa shape index (κ1) is 18.1. The van der Waals surface area contributed by atoms with E-state index in [1.807, 2.05) is 41.4 Å². The fourth-order valence-electron chi connectivity index (χ4n) is 3.67. The highest BCUT2D eigenvalue weighted by Gasteiger charge is 2.30. The van der Waals surface area contributed by atoms with E-state index in [-0.39, 0.29) is 18.7 Å². The minimum Gasteiger partial charge on any atom is -0.454 e. The second kappa shape index (κ2) is 7.11. The lowest BCUT2D eigenvalue weighted by molar-refractivity contribution is -0.117. The van der Waals surface area contributed by atoms with E-state index in [0.717, 1.165) is 40.3 Å². The van der Waals surface area contributed by atoms with Gasteiger partial charge in [0.2, 0.25) is 12.7 Å². The molecule has 29 heavy (non-hydrogen) atoms. The summed E-state index contributed by atoms with van der Waals surface area (Å²) in [5.41, 5.74) is 10.4. The highest BCUT2D eigenvalue weighted by atomic mass is 32.2. The van der Waals surface area contributed by atoms with Crippen LogP contribution in [0.1, 0.15) is 30.0 Å². The first-order chi connectivity index (χ1) is 14.1. The molecule has 3 aliphatic heterocycles. The number of amidine groups is 1. The molecule has 148 valence electrons. The van der Waals surface area contributed by atoms with Gasteiger partial charge >= 0.3 is 0 Å². The predicted octanol–water partition coefficient (Wildman–Crippen LogP) is 3.02. The van der Waals surface area contributed by atoms with Gasteiger partial charge in [0.1, 0.15) is 0 Å². The molecule has 2 aromatic carbocycles. The number of thioether (sulfide) groups is 1. The molecule has 5 rings (SSSR count). The molecule has 1 unspecified atom stereocenters. The van der Waals surface area contributed by atoms with Gasteiger partial charge < -0.3 is 15.2 Å². The van der Waals surface area contributed by atoms with Gasteiger partial charge in [-0.2, -0.15) is 10.1 Å². The van der Waals surface area contributed by atoms with Crippen LogP contribution in [0.5, 0.6) is 11.5 Å². The molecule has 0 saturated heterocycles. The van der Waals surface area contributed by atoms with Crippen LogP contribution >= 0.6 is 11.8 Å². The molecule has 0 radical (unpaired) electrons. The molecule has 0 aromatic heterocycles. The van der Waals surface area contributed by atoms with Crippen molar-refractivity contribution in [3.63, 3.8) is 0 Å². The Balaban J connectivity index is 1.68.